The second kappa shape index (κ2) is 6.00. The van der Waals surface area contributed by atoms with Gasteiger partial charge in [-0.25, -0.2) is 13.2 Å². The lowest BCUT2D eigenvalue weighted by molar-refractivity contribution is 0.0698. The van der Waals surface area contributed by atoms with Gasteiger partial charge in [0.25, 0.3) is 0 Å². The highest BCUT2D eigenvalue weighted by atomic mass is 32.2. The molecule has 0 spiro atoms. The van der Waals surface area contributed by atoms with Crippen LogP contribution in [0.4, 0.5) is 0 Å². The molecular weight excluding hydrogens is 314 g/mol. The van der Waals surface area contributed by atoms with Crippen molar-refractivity contribution >= 4 is 27.3 Å². The molecule has 0 amide bonds. The van der Waals surface area contributed by atoms with Crippen LogP contribution in [0.25, 0.3) is 0 Å². The van der Waals surface area contributed by atoms with Gasteiger partial charge in [0.15, 0.2) is 0 Å². The first-order chi connectivity index (χ1) is 9.87. The van der Waals surface area contributed by atoms with Crippen LogP contribution in [0.5, 0.6) is 0 Å². The number of aromatic carboxylic acids is 1. The summed E-state index contributed by atoms with van der Waals surface area (Å²) in [4.78, 5) is 10.9. The first-order valence-corrected chi connectivity index (χ1v) is 8.53. The van der Waals surface area contributed by atoms with Gasteiger partial charge in [0, 0.05) is 6.54 Å². The smallest absolute Gasteiger partial charge is 0.347 e. The summed E-state index contributed by atoms with van der Waals surface area (Å²) in [5.74, 6) is -0.731. The molecule has 0 bridgehead atoms. The number of thiophene rings is 1. The second-order valence-corrected chi connectivity index (χ2v) is 7.15. The minimum atomic E-state index is -3.89. The molecule has 0 atom stereocenters. The lowest BCUT2D eigenvalue weighted by Gasteiger charge is -2.19. The number of furan rings is 1. The maximum atomic E-state index is 12.7. The highest BCUT2D eigenvalue weighted by molar-refractivity contribution is 7.89. The van der Waals surface area contributed by atoms with E-state index in [0.717, 1.165) is 11.3 Å². The van der Waals surface area contributed by atoms with E-state index >= 15 is 0 Å². The van der Waals surface area contributed by atoms with E-state index in [0.29, 0.717) is 11.3 Å². The summed E-state index contributed by atoms with van der Waals surface area (Å²) >= 11 is 0.918. The van der Waals surface area contributed by atoms with Crippen molar-refractivity contribution in [2.75, 3.05) is 6.54 Å². The van der Waals surface area contributed by atoms with Crippen LogP contribution >= 0.6 is 11.3 Å². The van der Waals surface area contributed by atoms with Crippen molar-refractivity contribution in [1.29, 1.82) is 0 Å². The summed E-state index contributed by atoms with van der Waals surface area (Å²) < 4.78 is 31.8. The minimum absolute atomic E-state index is 0.0696. The molecule has 0 radical (unpaired) electrons. The molecule has 1 N–H and O–H groups in total. The molecule has 0 saturated carbocycles. The third-order valence-corrected chi connectivity index (χ3v) is 6.30. The Labute approximate surface area is 126 Å². The van der Waals surface area contributed by atoms with Crippen molar-refractivity contribution in [1.82, 2.24) is 4.31 Å². The molecule has 2 heterocycles. The third kappa shape index (κ3) is 3.02. The van der Waals surface area contributed by atoms with Crippen LogP contribution in [0.2, 0.25) is 0 Å². The number of carbonyl (C=O) groups is 1. The number of carboxylic acid groups (broad SMARTS) is 1. The molecule has 0 fully saturated rings. The molecule has 21 heavy (non-hydrogen) atoms. The largest absolute Gasteiger partial charge is 0.477 e. The maximum Gasteiger partial charge on any atom is 0.347 e. The Balaban J connectivity index is 2.45. The maximum absolute atomic E-state index is 12.7. The average molecular weight is 329 g/mol. The first-order valence-electron chi connectivity index (χ1n) is 6.21. The Morgan fingerprint density at radius 1 is 1.48 bits per heavy atom. The van der Waals surface area contributed by atoms with Gasteiger partial charge < -0.3 is 9.52 Å². The van der Waals surface area contributed by atoms with E-state index in [4.69, 9.17) is 9.52 Å². The minimum Gasteiger partial charge on any atom is -0.477 e. The van der Waals surface area contributed by atoms with Gasteiger partial charge in [-0.05, 0) is 30.0 Å². The van der Waals surface area contributed by atoms with Gasteiger partial charge in [-0.3, -0.25) is 0 Å². The van der Waals surface area contributed by atoms with Crippen molar-refractivity contribution < 1.29 is 22.7 Å². The molecule has 6 nitrogen and oxygen atoms in total. The molecule has 2 rings (SSSR count). The lowest BCUT2D eigenvalue weighted by Crippen LogP contribution is -2.31. The lowest BCUT2D eigenvalue weighted by atomic mass is 10.3. The number of rotatable bonds is 6. The fourth-order valence-electron chi connectivity index (χ4n) is 1.97. The fraction of sp³-hybridized carbons (Fsp3) is 0.308. The summed E-state index contributed by atoms with van der Waals surface area (Å²) in [5, 5.41) is 10.7. The highest BCUT2D eigenvalue weighted by Gasteiger charge is 2.32. The van der Waals surface area contributed by atoms with Gasteiger partial charge in [-0.1, -0.05) is 6.92 Å². The monoisotopic (exact) mass is 329 g/mol. The summed E-state index contributed by atoms with van der Waals surface area (Å²) in [7, 11) is -3.89. The molecule has 2 aromatic rings. The van der Waals surface area contributed by atoms with E-state index in [2.05, 4.69) is 0 Å². The number of sulfonamides is 1. The van der Waals surface area contributed by atoms with Crippen LogP contribution in [0.15, 0.2) is 33.1 Å². The van der Waals surface area contributed by atoms with Crippen LogP contribution in [0, 0.1) is 6.92 Å². The van der Waals surface area contributed by atoms with Gasteiger partial charge in [0.05, 0.1) is 12.8 Å². The van der Waals surface area contributed by atoms with Crippen LogP contribution in [0.1, 0.15) is 27.9 Å². The number of carboxylic acids is 1. The molecule has 8 heteroatoms. The standard InChI is InChI=1S/C13H15NO5S2/c1-3-14(7-10-5-4-6-19-10)21(17,18)12-9(2)8-20-11(12)13(15)16/h4-6,8H,3,7H2,1-2H3,(H,15,16). The van der Waals surface area contributed by atoms with Crippen LogP contribution in [-0.4, -0.2) is 30.3 Å². The van der Waals surface area contributed by atoms with E-state index in [-0.39, 0.29) is 22.9 Å². The predicted octanol–water partition coefficient (Wildman–Crippen LogP) is 2.56. The summed E-state index contributed by atoms with van der Waals surface area (Å²) in [5.41, 5.74) is 0.440. The van der Waals surface area contributed by atoms with E-state index in [9.17, 15) is 13.2 Å². The van der Waals surface area contributed by atoms with Crippen LogP contribution in [0.3, 0.4) is 0 Å². The highest BCUT2D eigenvalue weighted by Crippen LogP contribution is 2.30. The molecule has 0 saturated heterocycles. The fourth-order valence-corrected chi connectivity index (χ4v) is 4.97. The summed E-state index contributed by atoms with van der Waals surface area (Å²) in [6.45, 7) is 3.58. The molecule has 0 unspecified atom stereocenters. The number of hydrogen-bond acceptors (Lipinski definition) is 5. The zero-order valence-corrected chi connectivity index (χ0v) is 13.2. The molecule has 114 valence electrons. The zero-order chi connectivity index (χ0) is 15.6. The Morgan fingerprint density at radius 3 is 2.71 bits per heavy atom. The van der Waals surface area contributed by atoms with E-state index in [1.165, 1.54) is 15.9 Å². The van der Waals surface area contributed by atoms with Crippen molar-refractivity contribution in [3.63, 3.8) is 0 Å². The summed E-state index contributed by atoms with van der Waals surface area (Å²) in [6, 6.07) is 3.35. The Morgan fingerprint density at radius 2 is 2.19 bits per heavy atom. The summed E-state index contributed by atoms with van der Waals surface area (Å²) in [6.07, 6.45) is 1.47. The Bertz CT molecular complexity index is 731. The van der Waals surface area contributed by atoms with Gasteiger partial charge in [-0.15, -0.1) is 11.3 Å². The van der Waals surface area contributed by atoms with Gasteiger partial charge >= 0.3 is 5.97 Å². The molecule has 0 aromatic carbocycles. The molecular formula is C13H15NO5S2. The van der Waals surface area contributed by atoms with Gasteiger partial charge in [-0.2, -0.15) is 4.31 Å². The van der Waals surface area contributed by atoms with E-state index < -0.39 is 16.0 Å². The van der Waals surface area contributed by atoms with Gasteiger partial charge in [0.1, 0.15) is 15.5 Å². The normalized spacial score (nSPS) is 12.0. The van der Waals surface area contributed by atoms with Gasteiger partial charge in [0.2, 0.25) is 10.0 Å². The average Bonchev–Trinajstić information content (AvgIpc) is 3.04. The number of hydrogen-bond donors (Lipinski definition) is 1. The van der Waals surface area contributed by atoms with Crippen molar-refractivity contribution in [3.05, 3.63) is 40.0 Å². The molecule has 0 aliphatic rings. The topological polar surface area (TPSA) is 87.8 Å². The second-order valence-electron chi connectivity index (χ2n) is 4.39. The first kappa shape index (κ1) is 15.7. The zero-order valence-electron chi connectivity index (χ0n) is 11.6. The number of aryl methyl sites for hydroxylation is 1. The Kier molecular flexibility index (Phi) is 4.50. The SMILES string of the molecule is CCN(Cc1ccco1)S(=O)(=O)c1c(C)csc1C(=O)O. The van der Waals surface area contributed by atoms with Crippen LogP contribution in [-0.2, 0) is 16.6 Å². The van der Waals surface area contributed by atoms with Crippen molar-refractivity contribution in [2.24, 2.45) is 0 Å². The van der Waals surface area contributed by atoms with E-state index in [1.54, 1.807) is 26.0 Å². The van der Waals surface area contributed by atoms with Crippen LogP contribution < -0.4 is 0 Å². The van der Waals surface area contributed by atoms with Crippen molar-refractivity contribution in [2.45, 2.75) is 25.3 Å². The molecule has 0 aliphatic heterocycles. The molecule has 2 aromatic heterocycles. The van der Waals surface area contributed by atoms with E-state index in [1.807, 2.05) is 0 Å². The third-order valence-electron chi connectivity index (χ3n) is 2.98. The number of nitrogens with zero attached hydrogens (tertiary/aromatic N) is 1. The van der Waals surface area contributed by atoms with Crippen molar-refractivity contribution in [3.8, 4) is 0 Å². The Hall–Kier alpha value is -1.64. The quantitative estimate of drug-likeness (QED) is 0.880. The predicted molar refractivity (Wildman–Crippen MR) is 78.0 cm³/mol. The molecule has 0 aliphatic carbocycles.